The van der Waals surface area contributed by atoms with Gasteiger partial charge in [-0.3, -0.25) is 0 Å². The lowest BCUT2D eigenvalue weighted by molar-refractivity contribution is 0.199. The first-order valence-corrected chi connectivity index (χ1v) is 6.70. The summed E-state index contributed by atoms with van der Waals surface area (Å²) in [4.78, 5) is 2.36. The van der Waals surface area contributed by atoms with Crippen LogP contribution < -0.4 is 4.90 Å². The van der Waals surface area contributed by atoms with Crippen LogP contribution in [0.4, 0.5) is 5.69 Å². The maximum absolute atomic E-state index is 9.83. The van der Waals surface area contributed by atoms with E-state index < -0.39 is 6.10 Å². The summed E-state index contributed by atoms with van der Waals surface area (Å²) in [6.45, 7) is 1.84. The smallest absolute Gasteiger partial charge is 0.0781 e. The first-order chi connectivity index (χ1) is 8.20. The molecule has 1 aromatic carbocycles. The molecule has 0 radical (unpaired) electrons. The summed E-state index contributed by atoms with van der Waals surface area (Å²) in [6.07, 6.45) is 6.23. The van der Waals surface area contributed by atoms with Gasteiger partial charge < -0.3 is 10.0 Å². The average Bonchev–Trinajstić information content (AvgIpc) is 2.39. The highest BCUT2D eigenvalue weighted by molar-refractivity contribution is 5.54. The Labute approximate surface area is 104 Å². The fraction of sp³-hybridized carbons (Fsp3) is 0.600. The van der Waals surface area contributed by atoms with Gasteiger partial charge in [0.25, 0.3) is 0 Å². The third-order valence-corrected chi connectivity index (χ3v) is 3.89. The summed E-state index contributed by atoms with van der Waals surface area (Å²) < 4.78 is 0. The molecule has 2 rings (SSSR count). The van der Waals surface area contributed by atoms with Gasteiger partial charge >= 0.3 is 0 Å². The molecule has 0 amide bonds. The van der Waals surface area contributed by atoms with Crippen LogP contribution in [-0.2, 0) is 0 Å². The second kappa shape index (κ2) is 5.54. The van der Waals surface area contributed by atoms with E-state index in [0.717, 1.165) is 5.56 Å². The van der Waals surface area contributed by atoms with Crippen molar-refractivity contribution in [3.05, 3.63) is 29.8 Å². The highest BCUT2D eigenvalue weighted by atomic mass is 16.3. The molecule has 1 aromatic rings. The van der Waals surface area contributed by atoms with Crippen LogP contribution >= 0.6 is 0 Å². The monoisotopic (exact) mass is 233 g/mol. The summed E-state index contributed by atoms with van der Waals surface area (Å²) >= 11 is 0. The number of hydrogen-bond donors (Lipinski definition) is 1. The molecule has 1 atom stereocenters. The minimum atomic E-state index is -0.391. The second-order valence-corrected chi connectivity index (χ2v) is 5.14. The zero-order valence-corrected chi connectivity index (χ0v) is 10.9. The van der Waals surface area contributed by atoms with E-state index in [1.807, 2.05) is 19.1 Å². The molecule has 0 saturated heterocycles. The zero-order valence-electron chi connectivity index (χ0n) is 10.9. The van der Waals surface area contributed by atoms with E-state index in [0.29, 0.717) is 6.04 Å². The highest BCUT2D eigenvalue weighted by Gasteiger charge is 2.20. The molecule has 2 nitrogen and oxygen atoms in total. The van der Waals surface area contributed by atoms with E-state index in [-0.39, 0.29) is 0 Å². The molecule has 0 aromatic heterocycles. The van der Waals surface area contributed by atoms with Crippen molar-refractivity contribution in [2.24, 2.45) is 0 Å². The molecule has 0 heterocycles. The van der Waals surface area contributed by atoms with Gasteiger partial charge in [0.15, 0.2) is 0 Å². The largest absolute Gasteiger partial charge is 0.389 e. The normalized spacial score (nSPS) is 19.0. The summed E-state index contributed by atoms with van der Waals surface area (Å²) in [6, 6.07) is 8.85. The quantitative estimate of drug-likeness (QED) is 0.863. The number of benzene rings is 1. The van der Waals surface area contributed by atoms with E-state index in [4.69, 9.17) is 0 Å². The van der Waals surface area contributed by atoms with Gasteiger partial charge in [-0.25, -0.2) is 0 Å². The van der Waals surface area contributed by atoms with Gasteiger partial charge in [0.05, 0.1) is 6.10 Å². The Morgan fingerprint density at radius 2 is 1.82 bits per heavy atom. The Morgan fingerprint density at radius 1 is 1.18 bits per heavy atom. The summed E-state index contributed by atoms with van der Waals surface area (Å²) in [5.41, 5.74) is 2.23. The van der Waals surface area contributed by atoms with E-state index in [1.165, 1.54) is 37.8 Å². The van der Waals surface area contributed by atoms with Crippen molar-refractivity contribution in [2.75, 3.05) is 11.9 Å². The Balaban J connectivity index is 2.20. The van der Waals surface area contributed by atoms with E-state index in [9.17, 15) is 5.11 Å². The van der Waals surface area contributed by atoms with Crippen molar-refractivity contribution in [2.45, 2.75) is 51.2 Å². The predicted octanol–water partition coefficient (Wildman–Crippen LogP) is 3.51. The molecular formula is C15H23NO. The number of nitrogens with zero attached hydrogens (tertiary/aromatic N) is 1. The number of aliphatic hydroxyl groups excluding tert-OH is 1. The maximum Gasteiger partial charge on any atom is 0.0781 e. The minimum Gasteiger partial charge on any atom is -0.389 e. The molecule has 1 aliphatic rings. The van der Waals surface area contributed by atoms with Gasteiger partial charge in [0.1, 0.15) is 0 Å². The van der Waals surface area contributed by atoms with Crippen molar-refractivity contribution in [1.82, 2.24) is 0 Å². The Morgan fingerprint density at radius 3 is 2.47 bits per heavy atom. The molecule has 0 bridgehead atoms. The molecule has 1 aliphatic carbocycles. The average molecular weight is 233 g/mol. The third-order valence-electron chi connectivity index (χ3n) is 3.89. The van der Waals surface area contributed by atoms with Crippen molar-refractivity contribution in [3.63, 3.8) is 0 Å². The fourth-order valence-electron chi connectivity index (χ4n) is 2.83. The molecule has 1 fully saturated rings. The summed E-state index contributed by atoms with van der Waals surface area (Å²) in [5, 5.41) is 9.83. The Hall–Kier alpha value is -1.02. The van der Waals surface area contributed by atoms with Crippen LogP contribution in [-0.4, -0.2) is 18.2 Å². The molecule has 0 spiro atoms. The third kappa shape index (κ3) is 2.81. The fourth-order valence-corrected chi connectivity index (χ4v) is 2.83. The van der Waals surface area contributed by atoms with Gasteiger partial charge in [0, 0.05) is 24.3 Å². The maximum atomic E-state index is 9.83. The molecule has 2 heteroatoms. The van der Waals surface area contributed by atoms with E-state index in [2.05, 4.69) is 24.1 Å². The molecule has 0 aliphatic heterocycles. The molecule has 0 unspecified atom stereocenters. The van der Waals surface area contributed by atoms with Crippen molar-refractivity contribution < 1.29 is 5.11 Å². The van der Waals surface area contributed by atoms with E-state index in [1.54, 1.807) is 0 Å². The first-order valence-electron chi connectivity index (χ1n) is 6.70. The number of aliphatic hydroxyl groups is 1. The Kier molecular flexibility index (Phi) is 4.06. The van der Waals surface area contributed by atoms with Gasteiger partial charge in [-0.05, 0) is 25.8 Å². The van der Waals surface area contributed by atoms with Gasteiger partial charge in [0.2, 0.25) is 0 Å². The SMILES string of the molecule is C[C@@H](O)c1ccccc1N(C)C1CCCCC1. The van der Waals surface area contributed by atoms with Crippen LogP contribution in [0.2, 0.25) is 0 Å². The lowest BCUT2D eigenvalue weighted by Gasteiger charge is -2.34. The van der Waals surface area contributed by atoms with Gasteiger partial charge in [-0.15, -0.1) is 0 Å². The molecule has 1 saturated carbocycles. The van der Waals surface area contributed by atoms with Crippen LogP contribution in [0.25, 0.3) is 0 Å². The van der Waals surface area contributed by atoms with Crippen LogP contribution in [0.5, 0.6) is 0 Å². The minimum absolute atomic E-state index is 0.391. The number of anilines is 1. The van der Waals surface area contributed by atoms with Crippen molar-refractivity contribution >= 4 is 5.69 Å². The van der Waals surface area contributed by atoms with Gasteiger partial charge in [-0.2, -0.15) is 0 Å². The topological polar surface area (TPSA) is 23.5 Å². The first kappa shape index (κ1) is 12.4. The zero-order chi connectivity index (χ0) is 12.3. The molecule has 1 N–H and O–H groups in total. The second-order valence-electron chi connectivity index (χ2n) is 5.14. The standard InChI is InChI=1S/C15H23NO/c1-12(17)14-10-6-7-11-15(14)16(2)13-8-4-3-5-9-13/h6-7,10-13,17H,3-5,8-9H2,1-2H3/t12-/m1/s1. The summed E-state index contributed by atoms with van der Waals surface area (Å²) in [7, 11) is 2.16. The van der Waals surface area contributed by atoms with Crippen LogP contribution in [0.3, 0.4) is 0 Å². The lowest BCUT2D eigenvalue weighted by atomic mass is 9.93. The summed E-state index contributed by atoms with van der Waals surface area (Å²) in [5.74, 6) is 0. The Bertz CT molecular complexity index is 356. The number of rotatable bonds is 3. The predicted molar refractivity (Wildman–Crippen MR) is 72.4 cm³/mol. The number of hydrogen-bond acceptors (Lipinski definition) is 2. The van der Waals surface area contributed by atoms with Crippen molar-refractivity contribution in [1.29, 1.82) is 0 Å². The van der Waals surface area contributed by atoms with Crippen LogP contribution in [0, 0.1) is 0 Å². The molecule has 94 valence electrons. The van der Waals surface area contributed by atoms with Crippen molar-refractivity contribution in [3.8, 4) is 0 Å². The molecular weight excluding hydrogens is 210 g/mol. The lowest BCUT2D eigenvalue weighted by Crippen LogP contribution is -2.34. The van der Waals surface area contributed by atoms with E-state index >= 15 is 0 Å². The molecule has 17 heavy (non-hydrogen) atoms. The highest BCUT2D eigenvalue weighted by Crippen LogP contribution is 2.30. The van der Waals surface area contributed by atoms with Crippen LogP contribution in [0.15, 0.2) is 24.3 Å². The number of para-hydroxylation sites is 1. The van der Waals surface area contributed by atoms with Gasteiger partial charge in [-0.1, -0.05) is 37.5 Å². The van der Waals surface area contributed by atoms with Crippen LogP contribution in [0.1, 0.15) is 50.7 Å².